The van der Waals surface area contributed by atoms with E-state index in [0.717, 1.165) is 0 Å². The minimum atomic E-state index is -4.77. The summed E-state index contributed by atoms with van der Waals surface area (Å²) in [5.74, 6) is 0.536. The van der Waals surface area contributed by atoms with Gasteiger partial charge in [-0.2, -0.15) is 10.1 Å². The molecule has 0 atom stereocenters. The Morgan fingerprint density at radius 3 is 2.50 bits per heavy atom. The Hall–Kier alpha value is -4.66. The van der Waals surface area contributed by atoms with Crippen LogP contribution in [0.2, 0.25) is 0 Å². The zero-order valence-corrected chi connectivity index (χ0v) is 21.8. The molecule has 4 aromatic rings. The van der Waals surface area contributed by atoms with Gasteiger partial charge in [0.1, 0.15) is 17.9 Å². The van der Waals surface area contributed by atoms with Crippen LogP contribution in [-0.2, 0) is 4.79 Å². The highest BCUT2D eigenvalue weighted by Crippen LogP contribution is 2.29. The Balaban J connectivity index is 1.25. The van der Waals surface area contributed by atoms with Gasteiger partial charge in [-0.1, -0.05) is 11.8 Å². The van der Waals surface area contributed by atoms with Gasteiger partial charge in [-0.25, -0.2) is 24.0 Å². The fourth-order valence-corrected chi connectivity index (χ4v) is 4.67. The summed E-state index contributed by atoms with van der Waals surface area (Å²) in [5.41, 5.74) is 1.60. The van der Waals surface area contributed by atoms with E-state index in [-0.39, 0.29) is 28.6 Å². The SMILES string of the molecule is CC(C)n1nccc1N1C(=O)CSC1=NC(=O)Nc1ccc(-c2ncn(-c3ccc(OC(F)(F)F)cc3)n2)cc1. The van der Waals surface area contributed by atoms with Crippen molar-refractivity contribution in [2.45, 2.75) is 26.3 Å². The molecule has 3 amide bonds. The highest BCUT2D eigenvalue weighted by atomic mass is 32.2. The van der Waals surface area contributed by atoms with Gasteiger partial charge >= 0.3 is 12.4 Å². The highest BCUT2D eigenvalue weighted by Gasteiger charge is 2.33. The third-order valence-electron chi connectivity index (χ3n) is 5.55. The summed E-state index contributed by atoms with van der Waals surface area (Å²) in [5, 5.41) is 11.5. The predicted octanol–water partition coefficient (Wildman–Crippen LogP) is 5.28. The quantitative estimate of drug-likeness (QED) is 0.335. The Morgan fingerprint density at radius 1 is 1.10 bits per heavy atom. The zero-order valence-electron chi connectivity index (χ0n) is 21.0. The molecule has 40 heavy (non-hydrogen) atoms. The molecule has 2 aromatic heterocycles. The maximum absolute atomic E-state index is 12.7. The monoisotopic (exact) mass is 570 g/mol. The first-order valence-corrected chi connectivity index (χ1v) is 12.8. The number of nitrogens with zero attached hydrogens (tertiary/aromatic N) is 7. The number of hydrogen-bond acceptors (Lipinski definition) is 7. The normalized spacial score (nSPS) is 14.8. The van der Waals surface area contributed by atoms with Crippen LogP contribution >= 0.6 is 11.8 Å². The van der Waals surface area contributed by atoms with Crippen LogP contribution in [0.15, 0.2) is 72.1 Å². The summed E-state index contributed by atoms with van der Waals surface area (Å²) in [6.45, 7) is 3.87. The van der Waals surface area contributed by atoms with E-state index in [1.165, 1.54) is 51.9 Å². The number of benzene rings is 2. The molecule has 2 aromatic carbocycles. The van der Waals surface area contributed by atoms with Gasteiger partial charge in [0.15, 0.2) is 11.0 Å². The largest absolute Gasteiger partial charge is 0.573 e. The Morgan fingerprint density at radius 2 is 1.82 bits per heavy atom. The molecule has 0 aliphatic carbocycles. The fraction of sp³-hybridized carbons (Fsp3) is 0.200. The lowest BCUT2D eigenvalue weighted by Gasteiger charge is -2.19. The molecule has 1 aliphatic heterocycles. The van der Waals surface area contributed by atoms with Crippen molar-refractivity contribution < 1.29 is 27.5 Å². The molecule has 1 aliphatic rings. The lowest BCUT2D eigenvalue weighted by molar-refractivity contribution is -0.274. The lowest BCUT2D eigenvalue weighted by Crippen LogP contribution is -2.32. The highest BCUT2D eigenvalue weighted by molar-refractivity contribution is 8.15. The second kappa shape index (κ2) is 10.8. The minimum absolute atomic E-state index is 0.0105. The van der Waals surface area contributed by atoms with Crippen LogP contribution in [0, 0.1) is 0 Å². The Kier molecular flexibility index (Phi) is 7.30. The molecule has 0 spiro atoms. The van der Waals surface area contributed by atoms with Gasteiger partial charge in [0.25, 0.3) is 0 Å². The van der Waals surface area contributed by atoms with Gasteiger partial charge in [0, 0.05) is 23.4 Å². The van der Waals surface area contributed by atoms with E-state index in [9.17, 15) is 22.8 Å². The zero-order chi connectivity index (χ0) is 28.4. The standard InChI is InChI=1S/C25H21F3N8O3S/c1-15(2)36-20(11-12-30-36)35-21(37)13-40-24(35)32-23(38)31-17-5-3-16(4-6-17)22-29-14-34(33-22)18-7-9-19(10-8-18)39-25(26,27)28/h3-12,14-15H,13H2,1-2H3,(H,31,38). The van der Waals surface area contributed by atoms with Gasteiger partial charge in [0.2, 0.25) is 5.91 Å². The number of halogens is 3. The van der Waals surface area contributed by atoms with Crippen molar-refractivity contribution in [3.63, 3.8) is 0 Å². The summed E-state index contributed by atoms with van der Waals surface area (Å²) in [7, 11) is 0. The fourth-order valence-electron chi connectivity index (χ4n) is 3.81. The molecular weight excluding hydrogens is 549 g/mol. The Bertz CT molecular complexity index is 1560. The summed E-state index contributed by atoms with van der Waals surface area (Å²) >= 11 is 1.17. The number of hydrogen-bond donors (Lipinski definition) is 1. The van der Waals surface area contributed by atoms with Crippen LogP contribution in [-0.4, -0.2) is 53.8 Å². The summed E-state index contributed by atoms with van der Waals surface area (Å²) in [6.07, 6.45) is -1.75. The number of amidine groups is 1. The summed E-state index contributed by atoms with van der Waals surface area (Å²) in [4.78, 5) is 34.9. The number of carbonyl (C=O) groups excluding carboxylic acids is 2. The average molecular weight is 571 g/mol. The third kappa shape index (κ3) is 5.98. The van der Waals surface area contributed by atoms with E-state index >= 15 is 0 Å². The first kappa shape index (κ1) is 26.9. The molecule has 11 nitrogen and oxygen atoms in total. The predicted molar refractivity (Wildman–Crippen MR) is 142 cm³/mol. The van der Waals surface area contributed by atoms with E-state index < -0.39 is 12.4 Å². The number of rotatable bonds is 6. The molecule has 15 heteroatoms. The first-order chi connectivity index (χ1) is 19.1. The van der Waals surface area contributed by atoms with Crippen molar-refractivity contribution in [3.8, 4) is 22.8 Å². The van der Waals surface area contributed by atoms with Gasteiger partial charge in [-0.05, 0) is 62.4 Å². The van der Waals surface area contributed by atoms with Crippen LogP contribution in [0.1, 0.15) is 19.9 Å². The van der Waals surface area contributed by atoms with Crippen LogP contribution in [0.3, 0.4) is 0 Å². The number of thioether (sulfide) groups is 1. The summed E-state index contributed by atoms with van der Waals surface area (Å²) in [6, 6.07) is 13.0. The van der Waals surface area contributed by atoms with Gasteiger partial charge in [-0.15, -0.1) is 18.3 Å². The molecule has 206 valence electrons. The molecule has 0 unspecified atom stereocenters. The number of urea groups is 1. The molecule has 3 heterocycles. The minimum Gasteiger partial charge on any atom is -0.406 e. The number of amides is 3. The number of anilines is 2. The van der Waals surface area contributed by atoms with E-state index in [0.29, 0.717) is 28.6 Å². The number of nitrogens with one attached hydrogen (secondary N) is 1. The number of aromatic nitrogens is 5. The van der Waals surface area contributed by atoms with Crippen molar-refractivity contribution in [2.75, 3.05) is 16.0 Å². The van der Waals surface area contributed by atoms with Crippen LogP contribution in [0.4, 0.5) is 29.5 Å². The maximum Gasteiger partial charge on any atom is 0.573 e. The topological polar surface area (TPSA) is 120 Å². The van der Waals surface area contributed by atoms with Crippen molar-refractivity contribution in [2.24, 2.45) is 4.99 Å². The van der Waals surface area contributed by atoms with Crippen LogP contribution in [0.5, 0.6) is 5.75 Å². The molecular formula is C25H21F3N8O3S. The third-order valence-corrected chi connectivity index (χ3v) is 6.47. The molecule has 1 N–H and O–H groups in total. The van der Waals surface area contributed by atoms with Crippen LogP contribution in [0.25, 0.3) is 17.1 Å². The van der Waals surface area contributed by atoms with Gasteiger partial charge in [0.05, 0.1) is 17.6 Å². The number of alkyl halides is 3. The smallest absolute Gasteiger partial charge is 0.406 e. The van der Waals surface area contributed by atoms with Gasteiger partial charge in [-0.3, -0.25) is 4.79 Å². The molecule has 1 saturated heterocycles. The number of carbonyl (C=O) groups is 2. The van der Waals surface area contributed by atoms with Crippen molar-refractivity contribution in [3.05, 3.63) is 67.1 Å². The van der Waals surface area contributed by atoms with Crippen molar-refractivity contribution in [1.82, 2.24) is 24.5 Å². The molecule has 1 fully saturated rings. The second-order valence-corrected chi connectivity index (χ2v) is 9.64. The number of ether oxygens (including phenoxy) is 1. The van der Waals surface area contributed by atoms with Gasteiger partial charge < -0.3 is 10.1 Å². The van der Waals surface area contributed by atoms with E-state index in [1.54, 1.807) is 41.2 Å². The second-order valence-electron chi connectivity index (χ2n) is 8.70. The number of aliphatic imine (C=N–C) groups is 1. The molecule has 0 bridgehead atoms. The van der Waals surface area contributed by atoms with E-state index in [2.05, 4.69) is 30.2 Å². The lowest BCUT2D eigenvalue weighted by atomic mass is 10.2. The maximum atomic E-state index is 12.7. The van der Waals surface area contributed by atoms with E-state index in [4.69, 9.17) is 0 Å². The molecule has 0 saturated carbocycles. The molecule has 5 rings (SSSR count). The average Bonchev–Trinajstić information content (AvgIpc) is 3.64. The molecule has 0 radical (unpaired) electrons. The van der Waals surface area contributed by atoms with Crippen LogP contribution < -0.4 is 15.0 Å². The summed E-state index contributed by atoms with van der Waals surface area (Å²) < 4.78 is 44.1. The van der Waals surface area contributed by atoms with Crippen molar-refractivity contribution >= 4 is 40.4 Å². The Labute approximate surface area is 229 Å². The van der Waals surface area contributed by atoms with E-state index in [1.807, 2.05) is 13.8 Å². The first-order valence-electron chi connectivity index (χ1n) is 11.8. The van der Waals surface area contributed by atoms with Crippen molar-refractivity contribution in [1.29, 1.82) is 0 Å².